The summed E-state index contributed by atoms with van der Waals surface area (Å²) in [6.45, 7) is 4.08. The molecule has 0 saturated heterocycles. The van der Waals surface area contributed by atoms with Gasteiger partial charge in [-0.1, -0.05) is 36.4 Å². The number of amidine groups is 1. The van der Waals surface area contributed by atoms with Gasteiger partial charge in [-0.25, -0.2) is 12.8 Å². The molecular weight excluding hydrogens is 327 g/mol. The number of aliphatic imine (C=N–C) groups is 1. The molecule has 6 heteroatoms. The zero-order valence-electron chi connectivity index (χ0n) is 13.4. The Morgan fingerprint density at radius 1 is 1.04 bits per heavy atom. The van der Waals surface area contributed by atoms with Crippen LogP contribution in [0, 0.1) is 12.7 Å². The molecule has 0 unspecified atom stereocenters. The van der Waals surface area contributed by atoms with Gasteiger partial charge in [0.05, 0.1) is 6.54 Å². The molecule has 0 fully saturated rings. The van der Waals surface area contributed by atoms with Gasteiger partial charge in [0.25, 0.3) is 10.0 Å². The number of hydrogen-bond donors (Lipinski definition) is 1. The van der Waals surface area contributed by atoms with Gasteiger partial charge >= 0.3 is 0 Å². The van der Waals surface area contributed by atoms with E-state index in [2.05, 4.69) is 9.71 Å². The second-order valence-corrected chi connectivity index (χ2v) is 7.28. The Labute approximate surface area is 140 Å². The Bertz CT molecular complexity index is 945. The van der Waals surface area contributed by atoms with E-state index in [1.54, 1.807) is 6.92 Å². The first kappa shape index (κ1) is 16.4. The van der Waals surface area contributed by atoms with Crippen LogP contribution in [0.15, 0.2) is 59.1 Å². The lowest BCUT2D eigenvalue weighted by Gasteiger charge is -2.03. The molecule has 0 bridgehead atoms. The predicted molar refractivity (Wildman–Crippen MR) is 93.4 cm³/mol. The first-order valence-corrected chi connectivity index (χ1v) is 8.96. The molecule has 2 aromatic rings. The number of halogens is 1. The predicted octanol–water partition coefficient (Wildman–Crippen LogP) is 3.40. The van der Waals surface area contributed by atoms with Crippen LogP contribution in [-0.4, -0.2) is 14.3 Å². The first-order chi connectivity index (χ1) is 11.4. The van der Waals surface area contributed by atoms with Crippen molar-refractivity contribution in [2.45, 2.75) is 20.4 Å². The van der Waals surface area contributed by atoms with Crippen molar-refractivity contribution in [3.05, 3.63) is 76.6 Å². The van der Waals surface area contributed by atoms with Gasteiger partial charge in [-0.15, -0.1) is 0 Å². The number of aryl methyl sites for hydroxylation is 1. The lowest BCUT2D eigenvalue weighted by atomic mass is 10.1. The van der Waals surface area contributed by atoms with E-state index in [0.717, 1.165) is 11.1 Å². The molecule has 4 nitrogen and oxygen atoms in total. The molecule has 0 saturated carbocycles. The molecule has 0 spiro atoms. The molecule has 1 N–H and O–H groups in total. The van der Waals surface area contributed by atoms with E-state index in [9.17, 15) is 12.8 Å². The Kier molecular flexibility index (Phi) is 4.24. The van der Waals surface area contributed by atoms with Crippen LogP contribution in [0.25, 0.3) is 4.91 Å². The van der Waals surface area contributed by atoms with Crippen LogP contribution in [0.3, 0.4) is 0 Å². The van der Waals surface area contributed by atoms with Crippen LogP contribution in [0.5, 0.6) is 0 Å². The summed E-state index contributed by atoms with van der Waals surface area (Å²) in [6.07, 6.45) is 0. The summed E-state index contributed by atoms with van der Waals surface area (Å²) in [7, 11) is -3.69. The molecule has 1 heterocycles. The maximum Gasteiger partial charge on any atom is 0.264 e. The van der Waals surface area contributed by atoms with Crippen LogP contribution < -0.4 is 4.72 Å². The second kappa shape index (κ2) is 6.20. The van der Waals surface area contributed by atoms with Gasteiger partial charge in [0, 0.05) is 5.57 Å². The topological polar surface area (TPSA) is 58.5 Å². The largest absolute Gasteiger partial charge is 0.264 e. The van der Waals surface area contributed by atoms with E-state index in [1.807, 2.05) is 31.2 Å². The third kappa shape index (κ3) is 3.10. The number of rotatable bonds is 3. The standard InChI is InChI=1S/C18H17FN2O2S/c1-12-5-3-4-6-15(12)11-20-18-13(2)17(24(22,23)21-18)14-7-9-16(19)10-8-14/h3-10H,11H2,1-2H3,(H,20,21). The van der Waals surface area contributed by atoms with Crippen molar-refractivity contribution in [1.82, 2.24) is 4.72 Å². The number of nitrogens with one attached hydrogen (secondary N) is 1. The molecule has 1 aliphatic heterocycles. The molecule has 124 valence electrons. The van der Waals surface area contributed by atoms with Gasteiger partial charge < -0.3 is 0 Å². The molecule has 24 heavy (non-hydrogen) atoms. The zero-order valence-corrected chi connectivity index (χ0v) is 14.2. The molecule has 0 radical (unpaired) electrons. The van der Waals surface area contributed by atoms with Crippen molar-refractivity contribution in [1.29, 1.82) is 0 Å². The minimum absolute atomic E-state index is 0.144. The highest BCUT2D eigenvalue weighted by atomic mass is 32.2. The van der Waals surface area contributed by atoms with Crippen molar-refractivity contribution in [3.63, 3.8) is 0 Å². The Balaban J connectivity index is 1.98. The highest BCUT2D eigenvalue weighted by molar-refractivity contribution is 8.00. The fourth-order valence-electron chi connectivity index (χ4n) is 2.64. The quantitative estimate of drug-likeness (QED) is 0.928. The number of nitrogens with zero attached hydrogens (tertiary/aromatic N) is 1. The Hall–Kier alpha value is -2.47. The van der Waals surface area contributed by atoms with Gasteiger partial charge in [-0.2, -0.15) is 0 Å². The van der Waals surface area contributed by atoms with Crippen molar-refractivity contribution in [2.24, 2.45) is 4.99 Å². The molecule has 0 amide bonds. The van der Waals surface area contributed by atoms with Crippen molar-refractivity contribution in [2.75, 3.05) is 0 Å². The average Bonchev–Trinajstić information content (AvgIpc) is 2.77. The normalized spacial score (nSPS) is 18.0. The SMILES string of the molecule is CC1=C(c2ccc(F)cc2)S(=O)(=O)NC1=NCc1ccccc1C. The monoisotopic (exact) mass is 344 g/mol. The minimum Gasteiger partial charge on any atom is -0.263 e. The van der Waals surface area contributed by atoms with Crippen LogP contribution >= 0.6 is 0 Å². The van der Waals surface area contributed by atoms with E-state index in [4.69, 9.17) is 0 Å². The Morgan fingerprint density at radius 3 is 2.38 bits per heavy atom. The fourth-order valence-corrected chi connectivity index (χ4v) is 4.16. The van der Waals surface area contributed by atoms with Gasteiger partial charge in [0.2, 0.25) is 0 Å². The molecule has 1 aliphatic rings. The van der Waals surface area contributed by atoms with Crippen molar-refractivity contribution in [3.8, 4) is 0 Å². The van der Waals surface area contributed by atoms with E-state index >= 15 is 0 Å². The molecule has 3 rings (SSSR count). The van der Waals surface area contributed by atoms with Crippen LogP contribution in [-0.2, 0) is 16.6 Å². The van der Waals surface area contributed by atoms with E-state index < -0.39 is 15.8 Å². The summed E-state index contributed by atoms with van der Waals surface area (Å²) in [5, 5.41) is 0. The number of benzene rings is 2. The van der Waals surface area contributed by atoms with Gasteiger partial charge in [0.15, 0.2) is 0 Å². The maximum absolute atomic E-state index is 13.1. The summed E-state index contributed by atoms with van der Waals surface area (Å²) in [6, 6.07) is 13.2. The van der Waals surface area contributed by atoms with Crippen LogP contribution in [0.4, 0.5) is 4.39 Å². The molecule has 2 aromatic carbocycles. The molecule has 0 atom stereocenters. The third-order valence-electron chi connectivity index (χ3n) is 3.97. The summed E-state index contributed by atoms with van der Waals surface area (Å²) in [5.74, 6) is -0.0774. The first-order valence-electron chi connectivity index (χ1n) is 7.47. The number of hydrogen-bond acceptors (Lipinski definition) is 3. The number of sulfonamides is 1. The third-order valence-corrected chi connectivity index (χ3v) is 5.51. The summed E-state index contributed by atoms with van der Waals surface area (Å²) >= 11 is 0. The van der Waals surface area contributed by atoms with Gasteiger partial charge in [-0.3, -0.25) is 9.71 Å². The average molecular weight is 344 g/mol. The van der Waals surface area contributed by atoms with E-state index in [-0.39, 0.29) is 4.91 Å². The Morgan fingerprint density at radius 2 is 1.71 bits per heavy atom. The highest BCUT2D eigenvalue weighted by Gasteiger charge is 2.32. The van der Waals surface area contributed by atoms with Crippen LogP contribution in [0.2, 0.25) is 0 Å². The minimum atomic E-state index is -3.69. The van der Waals surface area contributed by atoms with Crippen molar-refractivity contribution < 1.29 is 12.8 Å². The fraction of sp³-hybridized carbons (Fsp3) is 0.167. The summed E-state index contributed by atoms with van der Waals surface area (Å²) < 4.78 is 40.4. The molecular formula is C18H17FN2O2S. The van der Waals surface area contributed by atoms with Gasteiger partial charge in [0.1, 0.15) is 16.6 Å². The summed E-state index contributed by atoms with van der Waals surface area (Å²) in [5.41, 5.74) is 3.12. The second-order valence-electron chi connectivity index (χ2n) is 5.66. The molecule has 0 aliphatic carbocycles. The lowest BCUT2D eigenvalue weighted by Crippen LogP contribution is -2.23. The molecule has 0 aromatic heterocycles. The van der Waals surface area contributed by atoms with Gasteiger partial charge in [-0.05, 0) is 42.7 Å². The highest BCUT2D eigenvalue weighted by Crippen LogP contribution is 2.30. The van der Waals surface area contributed by atoms with E-state index in [1.165, 1.54) is 24.3 Å². The summed E-state index contributed by atoms with van der Waals surface area (Å²) in [4.78, 5) is 4.56. The van der Waals surface area contributed by atoms with Crippen molar-refractivity contribution >= 4 is 20.8 Å². The van der Waals surface area contributed by atoms with E-state index in [0.29, 0.717) is 23.5 Å². The van der Waals surface area contributed by atoms with Crippen LogP contribution in [0.1, 0.15) is 23.6 Å². The lowest BCUT2D eigenvalue weighted by molar-refractivity contribution is 0.603. The zero-order chi connectivity index (χ0) is 17.3. The maximum atomic E-state index is 13.1. The smallest absolute Gasteiger partial charge is 0.263 e.